The third kappa shape index (κ3) is 8.47. The molecule has 0 saturated carbocycles. The molecule has 2 aliphatic rings. The molecule has 6 atom stereocenters. The van der Waals surface area contributed by atoms with Gasteiger partial charge in [-0.05, 0) is 78.1 Å². The Balaban J connectivity index is 1.13. The minimum absolute atomic E-state index is 0.0460. The highest BCUT2D eigenvalue weighted by molar-refractivity contribution is 7.99. The predicted molar refractivity (Wildman–Crippen MR) is 177 cm³/mol. The predicted octanol–water partition coefficient (Wildman–Crippen LogP) is 4.83. The van der Waals surface area contributed by atoms with Crippen molar-refractivity contribution in [2.24, 2.45) is 5.73 Å². The van der Waals surface area contributed by atoms with Crippen LogP contribution >= 0.6 is 23.4 Å². The SMILES string of the molecule is CS[C@H]1O[C@@H](c2cc(Cc3ccc(OC4CCN(C(=O)C[C@@H](N)Cc5cc(F)c(F)cc5F)CC4)cc3)c(Cl)cc2C)[C@H](O)[C@@H](O)[C@@H]1O. The van der Waals surface area contributed by atoms with Crippen molar-refractivity contribution < 1.29 is 42.8 Å². The van der Waals surface area contributed by atoms with Crippen molar-refractivity contribution in [2.45, 2.75) is 81.0 Å². The van der Waals surface area contributed by atoms with Crippen molar-refractivity contribution in [1.82, 2.24) is 4.90 Å². The number of thioether (sulfide) groups is 1. The van der Waals surface area contributed by atoms with Crippen LogP contribution in [0.15, 0.2) is 48.5 Å². The number of hydrogen-bond acceptors (Lipinski definition) is 8. The van der Waals surface area contributed by atoms with Gasteiger partial charge in [-0.15, -0.1) is 11.8 Å². The summed E-state index contributed by atoms with van der Waals surface area (Å²) in [5.41, 5.74) is 8.56. The fraction of sp³-hybridized carbons (Fsp3) is 0.457. The molecule has 0 unspecified atom stereocenters. The summed E-state index contributed by atoms with van der Waals surface area (Å²) in [6, 6.07) is 11.8. The number of likely N-dealkylation sites (tertiary alicyclic amines) is 1. The second-order valence-electron chi connectivity index (χ2n) is 12.5. The summed E-state index contributed by atoms with van der Waals surface area (Å²) >= 11 is 7.87. The van der Waals surface area contributed by atoms with Crippen LogP contribution in [0.1, 0.15) is 53.2 Å². The summed E-state index contributed by atoms with van der Waals surface area (Å²) in [5, 5.41) is 32.0. The lowest BCUT2D eigenvalue weighted by Crippen LogP contribution is -2.53. The molecular formula is C35H40ClF3N2O6S. The molecule has 0 spiro atoms. The van der Waals surface area contributed by atoms with E-state index in [0.717, 1.165) is 22.8 Å². The second-order valence-corrected chi connectivity index (χ2v) is 13.8. The van der Waals surface area contributed by atoms with Crippen LogP contribution in [-0.4, -0.2) is 81.4 Å². The van der Waals surface area contributed by atoms with E-state index in [4.69, 9.17) is 26.8 Å². The number of rotatable bonds is 10. The molecule has 2 heterocycles. The zero-order valence-electron chi connectivity index (χ0n) is 26.6. The molecule has 5 rings (SSSR count). The Labute approximate surface area is 287 Å². The quantitative estimate of drug-likeness (QED) is 0.221. The van der Waals surface area contributed by atoms with Gasteiger partial charge in [0, 0.05) is 49.5 Å². The Bertz CT molecular complexity index is 1590. The van der Waals surface area contributed by atoms with E-state index in [0.29, 0.717) is 54.8 Å². The lowest BCUT2D eigenvalue weighted by molar-refractivity contribution is -0.200. The zero-order chi connectivity index (χ0) is 34.7. The van der Waals surface area contributed by atoms with E-state index in [2.05, 4.69) is 0 Å². The highest BCUT2D eigenvalue weighted by atomic mass is 35.5. The summed E-state index contributed by atoms with van der Waals surface area (Å²) in [6.07, 6.45) is -1.44. The normalized spacial score (nSPS) is 24.0. The average Bonchev–Trinajstić information content (AvgIpc) is 3.05. The lowest BCUT2D eigenvalue weighted by Gasteiger charge is -2.40. The Morgan fingerprint density at radius 3 is 2.33 bits per heavy atom. The summed E-state index contributed by atoms with van der Waals surface area (Å²) in [4.78, 5) is 14.5. The molecule has 2 fully saturated rings. The molecule has 5 N–H and O–H groups in total. The van der Waals surface area contributed by atoms with Crippen LogP contribution < -0.4 is 10.5 Å². The van der Waals surface area contributed by atoms with E-state index in [9.17, 15) is 33.3 Å². The molecule has 0 aromatic heterocycles. The van der Waals surface area contributed by atoms with Crippen LogP contribution in [0.2, 0.25) is 5.02 Å². The van der Waals surface area contributed by atoms with Crippen molar-refractivity contribution in [3.8, 4) is 5.75 Å². The van der Waals surface area contributed by atoms with Gasteiger partial charge in [-0.2, -0.15) is 0 Å². The second kappa shape index (κ2) is 15.8. The van der Waals surface area contributed by atoms with Gasteiger partial charge >= 0.3 is 0 Å². The molecule has 0 aliphatic carbocycles. The molecule has 0 radical (unpaired) electrons. The number of carbonyl (C=O) groups is 1. The summed E-state index contributed by atoms with van der Waals surface area (Å²) in [6.45, 7) is 2.79. The average molecular weight is 709 g/mol. The van der Waals surface area contributed by atoms with Crippen LogP contribution in [0.5, 0.6) is 5.75 Å². The topological polar surface area (TPSA) is 125 Å². The molecule has 1 amide bonds. The van der Waals surface area contributed by atoms with E-state index in [-0.39, 0.29) is 30.4 Å². The molecular weight excluding hydrogens is 669 g/mol. The molecule has 13 heteroatoms. The number of nitrogens with two attached hydrogens (primary N) is 1. The Morgan fingerprint density at radius 2 is 1.67 bits per heavy atom. The number of aliphatic hydroxyl groups is 3. The zero-order valence-corrected chi connectivity index (χ0v) is 28.2. The molecule has 260 valence electrons. The first-order chi connectivity index (χ1) is 22.8. The van der Waals surface area contributed by atoms with Gasteiger partial charge < -0.3 is 35.4 Å². The molecule has 2 aliphatic heterocycles. The van der Waals surface area contributed by atoms with E-state index >= 15 is 0 Å². The van der Waals surface area contributed by atoms with Crippen molar-refractivity contribution in [3.05, 3.63) is 98.8 Å². The van der Waals surface area contributed by atoms with Crippen LogP contribution in [0.4, 0.5) is 13.2 Å². The lowest BCUT2D eigenvalue weighted by atomic mass is 9.90. The van der Waals surface area contributed by atoms with Gasteiger partial charge in [0.2, 0.25) is 5.91 Å². The van der Waals surface area contributed by atoms with Crippen molar-refractivity contribution in [1.29, 1.82) is 0 Å². The maximum atomic E-state index is 14.0. The largest absolute Gasteiger partial charge is 0.490 e. The number of halogens is 4. The maximum absolute atomic E-state index is 14.0. The smallest absolute Gasteiger partial charge is 0.224 e. The Kier molecular flexibility index (Phi) is 12.0. The Hall–Kier alpha value is -2.84. The molecule has 48 heavy (non-hydrogen) atoms. The molecule has 3 aromatic rings. The minimum Gasteiger partial charge on any atom is -0.490 e. The monoisotopic (exact) mass is 708 g/mol. The van der Waals surface area contributed by atoms with Crippen LogP contribution in [0.3, 0.4) is 0 Å². The van der Waals surface area contributed by atoms with Crippen LogP contribution in [0.25, 0.3) is 0 Å². The third-order valence-corrected chi connectivity index (χ3v) is 10.2. The van der Waals surface area contributed by atoms with Crippen molar-refractivity contribution in [2.75, 3.05) is 19.3 Å². The maximum Gasteiger partial charge on any atom is 0.224 e. The summed E-state index contributed by atoms with van der Waals surface area (Å²) in [7, 11) is 0. The minimum atomic E-state index is -1.35. The van der Waals surface area contributed by atoms with Crippen molar-refractivity contribution >= 4 is 29.3 Å². The first-order valence-electron chi connectivity index (χ1n) is 15.8. The third-order valence-electron chi connectivity index (χ3n) is 8.97. The highest BCUT2D eigenvalue weighted by Crippen LogP contribution is 2.39. The van der Waals surface area contributed by atoms with Gasteiger partial charge in [0.15, 0.2) is 11.6 Å². The standard InChI is InChI=1S/C35H40ClF3N2O6S/c1-18-11-26(36)20(14-25(18)34-32(44)31(43)33(45)35(47-34)48-2)12-19-3-5-23(6-4-19)46-24-7-9-41(10-8-24)30(42)16-22(40)13-21-15-28(38)29(39)17-27(21)37/h3-6,11,14-15,17,22,24,31-35,43-45H,7-10,12-13,16,40H2,1-2H3/t22-,31+,32+,33-,34-,35+/m0/s1. The van der Waals surface area contributed by atoms with E-state index in [1.54, 1.807) is 11.2 Å². The van der Waals surface area contributed by atoms with Gasteiger partial charge in [-0.25, -0.2) is 13.2 Å². The van der Waals surface area contributed by atoms with Gasteiger partial charge in [0.25, 0.3) is 0 Å². The fourth-order valence-electron chi connectivity index (χ4n) is 6.23. The number of hydrogen-bond donors (Lipinski definition) is 4. The number of benzene rings is 3. The van der Waals surface area contributed by atoms with E-state index < -0.39 is 53.3 Å². The highest BCUT2D eigenvalue weighted by Gasteiger charge is 2.44. The van der Waals surface area contributed by atoms with Gasteiger partial charge in [0.05, 0.1) is 0 Å². The fourth-order valence-corrected chi connectivity index (χ4v) is 7.18. The number of aliphatic hydroxyl groups excluding tert-OH is 3. The summed E-state index contributed by atoms with van der Waals surface area (Å²) in [5.74, 6) is -2.83. The van der Waals surface area contributed by atoms with Crippen molar-refractivity contribution in [3.63, 3.8) is 0 Å². The van der Waals surface area contributed by atoms with Gasteiger partial charge in [-0.3, -0.25) is 4.79 Å². The molecule has 0 bridgehead atoms. The van der Waals surface area contributed by atoms with E-state index in [1.165, 1.54) is 11.8 Å². The molecule has 2 saturated heterocycles. The number of piperidine rings is 1. The summed E-state index contributed by atoms with van der Waals surface area (Å²) < 4.78 is 52.9. The van der Waals surface area contributed by atoms with Gasteiger partial charge in [0.1, 0.15) is 47.5 Å². The number of ether oxygens (including phenoxy) is 2. The number of nitrogens with zero attached hydrogens (tertiary/aromatic N) is 1. The van der Waals surface area contributed by atoms with Crippen LogP contribution in [0, 0.1) is 24.4 Å². The van der Waals surface area contributed by atoms with Gasteiger partial charge in [-0.1, -0.05) is 29.8 Å². The first kappa shape index (κ1) is 36.4. The first-order valence-corrected chi connectivity index (χ1v) is 17.4. The van der Waals surface area contributed by atoms with E-state index in [1.807, 2.05) is 43.3 Å². The number of amides is 1. The Morgan fingerprint density at radius 1 is 1.00 bits per heavy atom. The number of aryl methyl sites for hydroxylation is 1. The van der Waals surface area contributed by atoms with Crippen LogP contribution in [-0.2, 0) is 22.4 Å². The molecule has 3 aromatic carbocycles. The molecule has 8 nitrogen and oxygen atoms in total. The number of carbonyl (C=O) groups excluding carboxylic acids is 1.